The highest BCUT2D eigenvalue weighted by molar-refractivity contribution is 5.84. The Morgan fingerprint density at radius 3 is 2.50 bits per heavy atom. The van der Waals surface area contributed by atoms with Gasteiger partial charge in [0.05, 0.1) is 13.2 Å². The van der Waals surface area contributed by atoms with Crippen molar-refractivity contribution in [1.29, 1.82) is 0 Å². The molecule has 0 aliphatic rings. The third kappa shape index (κ3) is 8.88. The first kappa shape index (κ1) is 23.5. The number of para-hydroxylation sites is 1. The van der Waals surface area contributed by atoms with Crippen LogP contribution in [0.25, 0.3) is 0 Å². The van der Waals surface area contributed by atoms with E-state index in [2.05, 4.69) is 20.4 Å². The quantitative estimate of drug-likeness (QED) is 0.376. The smallest absolute Gasteiger partial charge is 0.387 e. The molecule has 9 heteroatoms. The minimum absolute atomic E-state index is 0.0482. The highest BCUT2D eigenvalue weighted by atomic mass is 19.3. The van der Waals surface area contributed by atoms with Crippen molar-refractivity contribution < 1.29 is 27.8 Å². The number of halogens is 2. The number of carbonyl (C=O) groups is 1. The van der Waals surface area contributed by atoms with Crippen molar-refractivity contribution in [2.24, 2.45) is 4.99 Å². The van der Waals surface area contributed by atoms with Gasteiger partial charge in [0.15, 0.2) is 17.5 Å². The molecule has 1 aromatic carbocycles. The van der Waals surface area contributed by atoms with Gasteiger partial charge in [-0.2, -0.15) is 8.78 Å². The number of nitrogens with zero attached hydrogens (tertiary/aromatic N) is 1. The molecular formula is C19H29F2N3O4. The van der Waals surface area contributed by atoms with Crippen LogP contribution in [0, 0.1) is 0 Å². The van der Waals surface area contributed by atoms with Crippen LogP contribution in [0.3, 0.4) is 0 Å². The minimum Gasteiger partial charge on any atom is -0.490 e. The molecule has 158 valence electrons. The van der Waals surface area contributed by atoms with Crippen molar-refractivity contribution in [3.8, 4) is 11.5 Å². The molecule has 1 rings (SSSR count). The predicted octanol–water partition coefficient (Wildman–Crippen LogP) is 3.08. The number of guanidine groups is 1. The first-order chi connectivity index (χ1) is 13.2. The Morgan fingerprint density at radius 2 is 1.93 bits per heavy atom. The zero-order valence-corrected chi connectivity index (χ0v) is 17.0. The number of benzene rings is 1. The molecule has 28 heavy (non-hydrogen) atoms. The Bertz CT molecular complexity index is 661. The number of alkyl halides is 2. The summed E-state index contributed by atoms with van der Waals surface area (Å²) in [6.07, 6.45) is 0. The maximum atomic E-state index is 12.8. The molecule has 0 heterocycles. The molecule has 0 aliphatic heterocycles. The number of rotatable bonds is 9. The molecule has 0 aliphatic carbocycles. The zero-order chi connectivity index (χ0) is 21.2. The number of nitrogens with one attached hydrogen (secondary N) is 2. The lowest BCUT2D eigenvalue weighted by molar-refractivity contribution is -0.153. The van der Waals surface area contributed by atoms with Crippen LogP contribution in [0.2, 0.25) is 0 Å². The standard InChI is InChI=1S/C19H29F2N3O4/c1-6-22-18(24-12-15(25)28-19(3,4)5)23-11-13-9-8-10-14(26-7-2)16(13)27-17(20)21/h8-10,17H,6-7,11-12H2,1-5H3,(H2,22,23,24). The van der Waals surface area contributed by atoms with E-state index in [0.29, 0.717) is 24.7 Å². The highest BCUT2D eigenvalue weighted by Crippen LogP contribution is 2.33. The van der Waals surface area contributed by atoms with E-state index >= 15 is 0 Å². The van der Waals surface area contributed by atoms with Gasteiger partial charge in [-0.1, -0.05) is 12.1 Å². The van der Waals surface area contributed by atoms with Crippen molar-refractivity contribution in [2.75, 3.05) is 19.7 Å². The van der Waals surface area contributed by atoms with Crippen LogP contribution in [0.1, 0.15) is 40.2 Å². The zero-order valence-electron chi connectivity index (χ0n) is 17.0. The van der Waals surface area contributed by atoms with E-state index in [1.54, 1.807) is 45.9 Å². The second-order valence-corrected chi connectivity index (χ2v) is 6.69. The van der Waals surface area contributed by atoms with Gasteiger partial charge in [0.1, 0.15) is 12.1 Å². The van der Waals surface area contributed by atoms with E-state index in [9.17, 15) is 13.6 Å². The van der Waals surface area contributed by atoms with Crippen LogP contribution >= 0.6 is 0 Å². The van der Waals surface area contributed by atoms with Crippen LogP contribution in [0.15, 0.2) is 23.2 Å². The van der Waals surface area contributed by atoms with Gasteiger partial charge >= 0.3 is 12.6 Å². The summed E-state index contributed by atoms with van der Waals surface area (Å²) >= 11 is 0. The monoisotopic (exact) mass is 401 g/mol. The van der Waals surface area contributed by atoms with E-state index in [0.717, 1.165) is 0 Å². The van der Waals surface area contributed by atoms with E-state index in [1.165, 1.54) is 0 Å². The van der Waals surface area contributed by atoms with Crippen molar-refractivity contribution >= 4 is 11.9 Å². The van der Waals surface area contributed by atoms with Gasteiger partial charge in [0.2, 0.25) is 0 Å². The van der Waals surface area contributed by atoms with Gasteiger partial charge < -0.3 is 24.8 Å². The number of ether oxygens (including phenoxy) is 3. The van der Waals surface area contributed by atoms with E-state index in [4.69, 9.17) is 9.47 Å². The average Bonchev–Trinajstić information content (AvgIpc) is 2.58. The van der Waals surface area contributed by atoms with Gasteiger partial charge in [0.25, 0.3) is 0 Å². The summed E-state index contributed by atoms with van der Waals surface area (Å²) in [6.45, 7) is 6.80. The lowest BCUT2D eigenvalue weighted by atomic mass is 10.2. The maximum absolute atomic E-state index is 12.8. The van der Waals surface area contributed by atoms with Crippen LogP contribution in [0.4, 0.5) is 8.78 Å². The SMILES string of the molecule is CCNC(=NCc1cccc(OCC)c1OC(F)F)NCC(=O)OC(C)(C)C. The number of carbonyl (C=O) groups excluding carboxylic acids is 1. The second kappa shape index (κ2) is 11.3. The summed E-state index contributed by atoms with van der Waals surface area (Å²) in [5.74, 6) is 0.0876. The average molecular weight is 401 g/mol. The summed E-state index contributed by atoms with van der Waals surface area (Å²) in [5.41, 5.74) is -0.157. The number of aliphatic imine (C=N–C) groups is 1. The number of hydrogen-bond acceptors (Lipinski definition) is 5. The van der Waals surface area contributed by atoms with Gasteiger partial charge in [-0.15, -0.1) is 0 Å². The molecule has 0 aromatic heterocycles. The lowest BCUT2D eigenvalue weighted by Gasteiger charge is -2.20. The van der Waals surface area contributed by atoms with Crippen molar-refractivity contribution in [1.82, 2.24) is 10.6 Å². The molecule has 0 saturated carbocycles. The normalized spacial score (nSPS) is 11.9. The molecule has 0 spiro atoms. The molecule has 1 aromatic rings. The molecular weight excluding hydrogens is 372 g/mol. The van der Waals surface area contributed by atoms with Crippen LogP contribution < -0.4 is 20.1 Å². The summed E-state index contributed by atoms with van der Waals surface area (Å²) in [7, 11) is 0. The fraction of sp³-hybridized carbons (Fsp3) is 0.579. The second-order valence-electron chi connectivity index (χ2n) is 6.69. The molecule has 0 amide bonds. The lowest BCUT2D eigenvalue weighted by Crippen LogP contribution is -2.41. The first-order valence-corrected chi connectivity index (χ1v) is 9.09. The van der Waals surface area contributed by atoms with Crippen molar-refractivity contribution in [3.05, 3.63) is 23.8 Å². The van der Waals surface area contributed by atoms with E-state index in [1.807, 2.05) is 6.92 Å². The fourth-order valence-corrected chi connectivity index (χ4v) is 2.22. The molecule has 0 fully saturated rings. The Morgan fingerprint density at radius 1 is 1.21 bits per heavy atom. The Labute approximate surface area is 164 Å². The van der Waals surface area contributed by atoms with Crippen molar-refractivity contribution in [2.45, 2.75) is 53.4 Å². The Hall–Kier alpha value is -2.58. The number of hydrogen-bond donors (Lipinski definition) is 2. The summed E-state index contributed by atoms with van der Waals surface area (Å²) < 4.78 is 40.8. The number of esters is 1. The third-order valence-electron chi connectivity index (χ3n) is 3.14. The maximum Gasteiger partial charge on any atom is 0.387 e. The predicted molar refractivity (Wildman–Crippen MR) is 103 cm³/mol. The Balaban J connectivity index is 2.91. The minimum atomic E-state index is -2.98. The first-order valence-electron chi connectivity index (χ1n) is 9.09. The van der Waals surface area contributed by atoms with Gasteiger partial charge in [0, 0.05) is 12.1 Å². The fourth-order valence-electron chi connectivity index (χ4n) is 2.22. The molecule has 7 nitrogen and oxygen atoms in total. The largest absolute Gasteiger partial charge is 0.490 e. The summed E-state index contributed by atoms with van der Waals surface area (Å²) in [4.78, 5) is 16.2. The van der Waals surface area contributed by atoms with Gasteiger partial charge in [-0.05, 0) is 40.7 Å². The van der Waals surface area contributed by atoms with Crippen molar-refractivity contribution in [3.63, 3.8) is 0 Å². The molecule has 0 saturated heterocycles. The summed E-state index contributed by atoms with van der Waals surface area (Å²) in [5, 5.41) is 5.84. The molecule has 0 unspecified atom stereocenters. The summed E-state index contributed by atoms with van der Waals surface area (Å²) in [6, 6.07) is 4.86. The third-order valence-corrected chi connectivity index (χ3v) is 3.14. The topological polar surface area (TPSA) is 81.2 Å². The molecule has 0 atom stereocenters. The van der Waals surface area contributed by atoms with E-state index < -0.39 is 18.2 Å². The Kier molecular flexibility index (Phi) is 9.47. The van der Waals surface area contributed by atoms with Gasteiger partial charge in [-0.25, -0.2) is 4.99 Å². The van der Waals surface area contributed by atoms with Crippen LogP contribution in [0.5, 0.6) is 11.5 Å². The highest BCUT2D eigenvalue weighted by Gasteiger charge is 2.17. The molecule has 0 bridgehead atoms. The molecule has 0 radical (unpaired) electrons. The van der Waals surface area contributed by atoms with E-state index in [-0.39, 0.29) is 24.6 Å². The molecule has 2 N–H and O–H groups in total. The van der Waals surface area contributed by atoms with Crippen LogP contribution in [-0.2, 0) is 16.1 Å². The van der Waals surface area contributed by atoms with Gasteiger partial charge in [-0.3, -0.25) is 4.79 Å². The van der Waals surface area contributed by atoms with Crippen LogP contribution in [-0.4, -0.2) is 43.8 Å².